The smallest absolute Gasteiger partial charge is 0.306 e. The van der Waals surface area contributed by atoms with Gasteiger partial charge in [0.25, 0.3) is 0 Å². The van der Waals surface area contributed by atoms with Gasteiger partial charge in [0.2, 0.25) is 0 Å². The van der Waals surface area contributed by atoms with Gasteiger partial charge in [-0.15, -0.1) is 0 Å². The average Bonchev–Trinajstić information content (AvgIpc) is 3.39. The molecule has 0 rings (SSSR count). The van der Waals surface area contributed by atoms with Crippen LogP contribution in [0.4, 0.5) is 0 Å². The van der Waals surface area contributed by atoms with E-state index in [2.05, 4.69) is 179 Å². The lowest BCUT2D eigenvalue weighted by Crippen LogP contribution is -2.30. The monoisotopic (exact) mass is 1000 g/mol. The van der Waals surface area contributed by atoms with Gasteiger partial charge in [0.1, 0.15) is 13.2 Å². The molecule has 0 fully saturated rings. The molecule has 0 saturated heterocycles. The highest BCUT2D eigenvalue weighted by Crippen LogP contribution is 2.13. The lowest BCUT2D eigenvalue weighted by atomic mass is 10.1. The molecule has 0 aromatic rings. The number of carbonyl (C=O) groups is 3. The van der Waals surface area contributed by atoms with Crippen molar-refractivity contribution in [3.8, 4) is 0 Å². The standard InChI is InChI=1S/C67H104O6/c1-4-7-10-13-16-19-22-25-28-30-32-33-35-36-39-42-45-48-51-54-57-60-66(69)72-63-64(62-71-65(68)59-56-53-50-47-44-41-38-27-24-21-18-15-12-9-6-3)73-67(70)61-58-55-52-49-46-43-40-37-34-31-29-26-23-20-17-14-11-8-5-2/h7-12,16-21,25-29,32-34,36-39,43,46,64H,4-6,13-15,22-24,30-31,35,40-42,44-45,47-63H2,1-3H3/b10-7-,11-8-,12-9-,19-16-,20-17-,21-18-,28-25-,29-26-,33-32-,37-34-,38-27-,39-36-,46-43-. The topological polar surface area (TPSA) is 78.9 Å². The molecular formula is C67H104O6. The second-order valence-corrected chi connectivity index (χ2v) is 18.4. The van der Waals surface area contributed by atoms with Crippen LogP contribution in [-0.4, -0.2) is 37.2 Å². The van der Waals surface area contributed by atoms with Crippen LogP contribution in [-0.2, 0) is 28.6 Å². The Hall–Kier alpha value is -4.97. The molecule has 0 bridgehead atoms. The molecule has 0 heterocycles. The fourth-order valence-electron chi connectivity index (χ4n) is 7.27. The molecule has 6 nitrogen and oxygen atoms in total. The van der Waals surface area contributed by atoms with Crippen molar-refractivity contribution in [1.29, 1.82) is 0 Å². The predicted octanol–water partition coefficient (Wildman–Crippen LogP) is 19.8. The van der Waals surface area contributed by atoms with Crippen LogP contribution in [0.1, 0.15) is 226 Å². The van der Waals surface area contributed by atoms with E-state index in [0.29, 0.717) is 19.3 Å². The number of esters is 3. The highest BCUT2D eigenvalue weighted by Gasteiger charge is 2.19. The van der Waals surface area contributed by atoms with E-state index in [4.69, 9.17) is 14.2 Å². The third kappa shape index (κ3) is 57.8. The molecule has 6 heteroatoms. The summed E-state index contributed by atoms with van der Waals surface area (Å²) in [6, 6.07) is 0. The van der Waals surface area contributed by atoms with Crippen LogP contribution in [0.5, 0.6) is 0 Å². The summed E-state index contributed by atoms with van der Waals surface area (Å²) in [5.41, 5.74) is 0. The van der Waals surface area contributed by atoms with Crippen molar-refractivity contribution in [3.63, 3.8) is 0 Å². The summed E-state index contributed by atoms with van der Waals surface area (Å²) in [6.07, 6.45) is 86.6. The first-order chi connectivity index (χ1) is 36.0. The Morgan fingerprint density at radius 3 is 0.781 bits per heavy atom. The molecule has 0 aliphatic rings. The molecule has 0 aromatic carbocycles. The lowest BCUT2D eigenvalue weighted by molar-refractivity contribution is -0.167. The lowest BCUT2D eigenvalue weighted by Gasteiger charge is -2.18. The minimum absolute atomic E-state index is 0.114. The van der Waals surface area contributed by atoms with Gasteiger partial charge in [-0.05, 0) is 141 Å². The van der Waals surface area contributed by atoms with Gasteiger partial charge in [-0.25, -0.2) is 0 Å². The summed E-state index contributed by atoms with van der Waals surface area (Å²) in [4.78, 5) is 38.2. The summed E-state index contributed by atoms with van der Waals surface area (Å²) in [5, 5.41) is 0. The summed E-state index contributed by atoms with van der Waals surface area (Å²) >= 11 is 0. The van der Waals surface area contributed by atoms with E-state index in [1.165, 1.54) is 0 Å². The normalized spacial score (nSPS) is 13.3. The third-order valence-corrected chi connectivity index (χ3v) is 11.5. The Bertz CT molecular complexity index is 1670. The number of rotatable bonds is 50. The molecule has 0 aliphatic carbocycles. The van der Waals surface area contributed by atoms with Gasteiger partial charge in [-0.1, -0.05) is 224 Å². The van der Waals surface area contributed by atoms with Gasteiger partial charge in [-0.2, -0.15) is 0 Å². The predicted molar refractivity (Wildman–Crippen MR) is 315 cm³/mol. The Labute approximate surface area is 448 Å². The first-order valence-electron chi connectivity index (χ1n) is 29.0. The van der Waals surface area contributed by atoms with Gasteiger partial charge in [0.05, 0.1) is 0 Å². The van der Waals surface area contributed by atoms with Gasteiger partial charge in [-0.3, -0.25) is 14.4 Å². The number of carbonyl (C=O) groups excluding carboxylic acids is 3. The van der Waals surface area contributed by atoms with Crippen molar-refractivity contribution in [1.82, 2.24) is 0 Å². The van der Waals surface area contributed by atoms with Crippen LogP contribution >= 0.6 is 0 Å². The van der Waals surface area contributed by atoms with Gasteiger partial charge >= 0.3 is 17.9 Å². The maximum Gasteiger partial charge on any atom is 0.306 e. The fourth-order valence-corrected chi connectivity index (χ4v) is 7.27. The number of ether oxygens (including phenoxy) is 3. The summed E-state index contributed by atoms with van der Waals surface area (Å²) in [6.45, 7) is 6.23. The third-order valence-electron chi connectivity index (χ3n) is 11.5. The number of unbranched alkanes of at least 4 members (excludes halogenated alkanes) is 13. The van der Waals surface area contributed by atoms with Crippen LogP contribution < -0.4 is 0 Å². The molecular weight excluding hydrogens is 901 g/mol. The molecule has 0 radical (unpaired) electrons. The van der Waals surface area contributed by atoms with E-state index in [-0.39, 0.29) is 37.5 Å². The molecule has 408 valence electrons. The second-order valence-electron chi connectivity index (χ2n) is 18.4. The Kier molecular flexibility index (Phi) is 55.5. The Balaban J connectivity index is 4.54. The van der Waals surface area contributed by atoms with Crippen LogP contribution in [0.15, 0.2) is 158 Å². The van der Waals surface area contributed by atoms with E-state index in [1.807, 2.05) is 0 Å². The van der Waals surface area contributed by atoms with Gasteiger partial charge < -0.3 is 14.2 Å². The van der Waals surface area contributed by atoms with E-state index < -0.39 is 6.10 Å². The number of hydrogen-bond donors (Lipinski definition) is 0. The number of allylic oxidation sites excluding steroid dienone is 26. The van der Waals surface area contributed by atoms with Crippen LogP contribution in [0.2, 0.25) is 0 Å². The Morgan fingerprint density at radius 2 is 0.493 bits per heavy atom. The zero-order valence-corrected chi connectivity index (χ0v) is 46.6. The van der Waals surface area contributed by atoms with Crippen molar-refractivity contribution >= 4 is 17.9 Å². The SMILES string of the molecule is CC/C=C\C/C=C\C/C=C\C/C=C\C/C=C\CCCCCCCC(=O)OCC(COC(=O)CCCCCCC/C=C\C/C=C\C/C=C\CC)OC(=O)CCCCC/C=C\C/C=C\C/C=C\C/C=C\C/C=C\CC. The first-order valence-corrected chi connectivity index (χ1v) is 29.0. The summed E-state index contributed by atoms with van der Waals surface area (Å²) in [5.74, 6) is -0.989. The molecule has 0 aliphatic heterocycles. The quantitative estimate of drug-likeness (QED) is 0.0261. The van der Waals surface area contributed by atoms with E-state index >= 15 is 0 Å². The molecule has 0 spiro atoms. The molecule has 1 unspecified atom stereocenters. The second kappa shape index (κ2) is 59.6. The minimum Gasteiger partial charge on any atom is -0.462 e. The van der Waals surface area contributed by atoms with Crippen molar-refractivity contribution in [2.45, 2.75) is 232 Å². The zero-order valence-electron chi connectivity index (χ0n) is 46.6. The van der Waals surface area contributed by atoms with Gasteiger partial charge in [0, 0.05) is 19.3 Å². The van der Waals surface area contributed by atoms with Crippen LogP contribution in [0.25, 0.3) is 0 Å². The molecule has 73 heavy (non-hydrogen) atoms. The van der Waals surface area contributed by atoms with Gasteiger partial charge in [0.15, 0.2) is 6.10 Å². The van der Waals surface area contributed by atoms with E-state index in [9.17, 15) is 14.4 Å². The molecule has 1 atom stereocenters. The zero-order chi connectivity index (χ0) is 52.9. The average molecular weight is 1010 g/mol. The maximum atomic E-state index is 12.9. The summed E-state index contributed by atoms with van der Waals surface area (Å²) < 4.78 is 16.8. The van der Waals surface area contributed by atoms with Crippen molar-refractivity contribution in [3.05, 3.63) is 158 Å². The first kappa shape index (κ1) is 68.0. The molecule has 0 aromatic heterocycles. The largest absolute Gasteiger partial charge is 0.462 e. The van der Waals surface area contributed by atoms with Crippen molar-refractivity contribution in [2.24, 2.45) is 0 Å². The van der Waals surface area contributed by atoms with Crippen molar-refractivity contribution in [2.75, 3.05) is 13.2 Å². The fraction of sp³-hybridized carbons (Fsp3) is 0.567. The maximum absolute atomic E-state index is 12.9. The summed E-state index contributed by atoms with van der Waals surface area (Å²) in [7, 11) is 0. The molecule has 0 N–H and O–H groups in total. The number of hydrogen-bond acceptors (Lipinski definition) is 6. The van der Waals surface area contributed by atoms with Crippen LogP contribution in [0.3, 0.4) is 0 Å². The molecule has 0 saturated carbocycles. The Morgan fingerprint density at radius 1 is 0.274 bits per heavy atom. The van der Waals surface area contributed by atoms with Crippen LogP contribution in [0, 0.1) is 0 Å². The van der Waals surface area contributed by atoms with E-state index in [1.54, 1.807) is 0 Å². The minimum atomic E-state index is -0.820. The highest BCUT2D eigenvalue weighted by atomic mass is 16.6. The highest BCUT2D eigenvalue weighted by molar-refractivity contribution is 5.71. The van der Waals surface area contributed by atoms with Crippen molar-refractivity contribution < 1.29 is 28.6 Å². The van der Waals surface area contributed by atoms with E-state index in [0.717, 1.165) is 180 Å². The molecule has 0 amide bonds.